The largest absolute Gasteiger partial charge is 0.496 e. The third-order valence-corrected chi connectivity index (χ3v) is 4.08. The number of amides is 1. The van der Waals surface area contributed by atoms with Crippen LogP contribution in [0.25, 0.3) is 0 Å². The predicted molar refractivity (Wildman–Crippen MR) is 89.9 cm³/mol. The molecule has 3 rings (SSSR count). The van der Waals surface area contributed by atoms with E-state index in [0.29, 0.717) is 11.3 Å². The number of rotatable bonds is 4. The van der Waals surface area contributed by atoms with Gasteiger partial charge in [-0.25, -0.2) is 4.98 Å². The molecule has 0 spiro atoms. The Morgan fingerprint density at radius 3 is 2.87 bits per heavy atom. The van der Waals surface area contributed by atoms with Crippen LogP contribution in [-0.4, -0.2) is 37.1 Å². The van der Waals surface area contributed by atoms with Crippen molar-refractivity contribution < 1.29 is 9.53 Å². The molecule has 5 heteroatoms. The van der Waals surface area contributed by atoms with E-state index in [1.807, 2.05) is 30.3 Å². The number of pyridine rings is 1. The number of nitrogens with zero attached hydrogens (tertiary/aromatic N) is 2. The predicted octanol–water partition coefficient (Wildman–Crippen LogP) is 2.49. The molecule has 120 valence electrons. The van der Waals surface area contributed by atoms with Gasteiger partial charge in [0.25, 0.3) is 5.91 Å². The molecule has 2 heterocycles. The molecule has 2 aromatic rings. The van der Waals surface area contributed by atoms with E-state index in [-0.39, 0.29) is 11.9 Å². The zero-order valence-electron chi connectivity index (χ0n) is 13.2. The van der Waals surface area contributed by atoms with Crippen LogP contribution in [-0.2, 0) is 0 Å². The van der Waals surface area contributed by atoms with Crippen molar-refractivity contribution in [2.75, 3.05) is 25.1 Å². The second-order valence-electron chi connectivity index (χ2n) is 5.65. The summed E-state index contributed by atoms with van der Waals surface area (Å²) < 4.78 is 5.26. The molecule has 0 unspecified atom stereocenters. The molecule has 5 nitrogen and oxygen atoms in total. The Labute approximate surface area is 136 Å². The van der Waals surface area contributed by atoms with E-state index in [4.69, 9.17) is 4.74 Å². The first kappa shape index (κ1) is 15.3. The van der Waals surface area contributed by atoms with Crippen molar-refractivity contribution in [3.05, 3.63) is 54.2 Å². The maximum Gasteiger partial charge on any atom is 0.255 e. The molecule has 1 aliphatic heterocycles. The SMILES string of the molecule is COc1ccccc1C(=O)N[C@@H]1CCCN(c2ccccn2)C1. The van der Waals surface area contributed by atoms with E-state index in [1.165, 1.54) is 0 Å². The first-order chi connectivity index (χ1) is 11.3. The maximum absolute atomic E-state index is 12.5. The van der Waals surface area contributed by atoms with Gasteiger partial charge >= 0.3 is 0 Å². The quantitative estimate of drug-likeness (QED) is 0.942. The highest BCUT2D eigenvalue weighted by atomic mass is 16.5. The minimum Gasteiger partial charge on any atom is -0.496 e. The Kier molecular flexibility index (Phi) is 4.76. The summed E-state index contributed by atoms with van der Waals surface area (Å²) in [5.74, 6) is 1.47. The fraction of sp³-hybridized carbons (Fsp3) is 0.333. The number of benzene rings is 1. The van der Waals surface area contributed by atoms with Crippen LogP contribution in [0.5, 0.6) is 5.75 Å². The van der Waals surface area contributed by atoms with Crippen molar-refractivity contribution in [2.24, 2.45) is 0 Å². The van der Waals surface area contributed by atoms with Crippen LogP contribution in [0.3, 0.4) is 0 Å². The Bertz CT molecular complexity index is 660. The van der Waals surface area contributed by atoms with E-state index < -0.39 is 0 Å². The lowest BCUT2D eigenvalue weighted by Gasteiger charge is -2.34. The lowest BCUT2D eigenvalue weighted by atomic mass is 10.0. The molecule has 23 heavy (non-hydrogen) atoms. The lowest BCUT2D eigenvalue weighted by Crippen LogP contribution is -2.48. The molecular weight excluding hydrogens is 290 g/mol. The molecule has 1 aromatic heterocycles. The molecule has 0 radical (unpaired) electrons. The van der Waals surface area contributed by atoms with Crippen molar-refractivity contribution in [3.63, 3.8) is 0 Å². The van der Waals surface area contributed by atoms with Gasteiger partial charge in [0.15, 0.2) is 0 Å². The van der Waals surface area contributed by atoms with E-state index >= 15 is 0 Å². The number of ether oxygens (including phenoxy) is 1. The zero-order chi connectivity index (χ0) is 16.1. The van der Waals surface area contributed by atoms with Crippen LogP contribution in [0.2, 0.25) is 0 Å². The van der Waals surface area contributed by atoms with Crippen LogP contribution >= 0.6 is 0 Å². The number of aromatic nitrogens is 1. The van der Waals surface area contributed by atoms with Gasteiger partial charge in [0, 0.05) is 25.3 Å². The summed E-state index contributed by atoms with van der Waals surface area (Å²) in [5.41, 5.74) is 0.574. The molecule has 1 atom stereocenters. The smallest absolute Gasteiger partial charge is 0.255 e. The van der Waals surface area contributed by atoms with E-state index in [2.05, 4.69) is 15.2 Å². The third-order valence-electron chi connectivity index (χ3n) is 4.08. The van der Waals surface area contributed by atoms with Crippen molar-refractivity contribution in [2.45, 2.75) is 18.9 Å². The fourth-order valence-electron chi connectivity index (χ4n) is 2.94. The van der Waals surface area contributed by atoms with Crippen molar-refractivity contribution in [3.8, 4) is 5.75 Å². The van der Waals surface area contributed by atoms with Crippen molar-refractivity contribution in [1.82, 2.24) is 10.3 Å². The molecular formula is C18H21N3O2. The first-order valence-corrected chi connectivity index (χ1v) is 7.88. The van der Waals surface area contributed by atoms with Crippen molar-refractivity contribution in [1.29, 1.82) is 0 Å². The van der Waals surface area contributed by atoms with Gasteiger partial charge in [-0.05, 0) is 37.1 Å². The van der Waals surface area contributed by atoms with Gasteiger partial charge < -0.3 is 15.0 Å². The molecule has 0 saturated carbocycles. The topological polar surface area (TPSA) is 54.5 Å². The molecule has 1 fully saturated rings. The molecule has 1 saturated heterocycles. The fourth-order valence-corrected chi connectivity index (χ4v) is 2.94. The van der Waals surface area contributed by atoms with Crippen LogP contribution < -0.4 is 15.0 Å². The maximum atomic E-state index is 12.5. The normalized spacial score (nSPS) is 17.6. The van der Waals surface area contributed by atoms with E-state index in [9.17, 15) is 4.79 Å². The number of methoxy groups -OCH3 is 1. The Balaban J connectivity index is 1.67. The van der Waals surface area contributed by atoms with Crippen LogP contribution in [0.15, 0.2) is 48.7 Å². The summed E-state index contributed by atoms with van der Waals surface area (Å²) in [6.45, 7) is 1.75. The Morgan fingerprint density at radius 1 is 1.26 bits per heavy atom. The van der Waals surface area contributed by atoms with Crippen LogP contribution in [0.1, 0.15) is 23.2 Å². The molecule has 1 aromatic carbocycles. The van der Waals surface area contributed by atoms with Gasteiger partial charge in [0.2, 0.25) is 0 Å². The highest BCUT2D eigenvalue weighted by molar-refractivity contribution is 5.97. The van der Waals surface area contributed by atoms with E-state index in [1.54, 1.807) is 25.4 Å². The number of piperidine rings is 1. The van der Waals surface area contributed by atoms with Gasteiger partial charge in [0.05, 0.1) is 12.7 Å². The zero-order valence-corrected chi connectivity index (χ0v) is 13.2. The van der Waals surface area contributed by atoms with Crippen LogP contribution in [0.4, 0.5) is 5.82 Å². The minimum atomic E-state index is -0.0877. The van der Waals surface area contributed by atoms with Crippen molar-refractivity contribution >= 4 is 11.7 Å². The first-order valence-electron chi connectivity index (χ1n) is 7.88. The average Bonchev–Trinajstić information content (AvgIpc) is 2.62. The number of hydrogen-bond donors (Lipinski definition) is 1. The number of carbonyl (C=O) groups is 1. The highest BCUT2D eigenvalue weighted by Crippen LogP contribution is 2.20. The highest BCUT2D eigenvalue weighted by Gasteiger charge is 2.23. The van der Waals surface area contributed by atoms with Crippen LogP contribution in [0, 0.1) is 0 Å². The number of carbonyl (C=O) groups excluding carboxylic acids is 1. The number of anilines is 1. The average molecular weight is 311 g/mol. The summed E-state index contributed by atoms with van der Waals surface area (Å²) in [4.78, 5) is 19.1. The Hall–Kier alpha value is -2.56. The third kappa shape index (κ3) is 3.62. The molecule has 1 N–H and O–H groups in total. The number of nitrogens with one attached hydrogen (secondary N) is 1. The second kappa shape index (κ2) is 7.13. The number of hydrogen-bond acceptors (Lipinski definition) is 4. The second-order valence-corrected chi connectivity index (χ2v) is 5.65. The summed E-state index contributed by atoms with van der Waals surface area (Å²) >= 11 is 0. The summed E-state index contributed by atoms with van der Waals surface area (Å²) in [6, 6.07) is 13.3. The summed E-state index contributed by atoms with van der Waals surface area (Å²) in [5, 5.41) is 3.12. The molecule has 1 aliphatic rings. The molecule has 0 bridgehead atoms. The summed E-state index contributed by atoms with van der Waals surface area (Å²) in [7, 11) is 1.58. The minimum absolute atomic E-state index is 0.0877. The Morgan fingerprint density at radius 2 is 2.09 bits per heavy atom. The molecule has 1 amide bonds. The number of para-hydroxylation sites is 1. The van der Waals surface area contributed by atoms with Gasteiger partial charge in [-0.15, -0.1) is 0 Å². The van der Waals surface area contributed by atoms with Gasteiger partial charge in [-0.2, -0.15) is 0 Å². The van der Waals surface area contributed by atoms with Gasteiger partial charge in [-0.3, -0.25) is 4.79 Å². The summed E-state index contributed by atoms with van der Waals surface area (Å²) in [6.07, 6.45) is 3.81. The lowest BCUT2D eigenvalue weighted by molar-refractivity contribution is 0.0930. The monoisotopic (exact) mass is 311 g/mol. The standard InChI is InChI=1S/C18H21N3O2/c1-23-16-9-3-2-8-15(16)18(22)20-14-7-6-12-21(13-14)17-10-4-5-11-19-17/h2-5,8-11,14H,6-7,12-13H2,1H3,(H,20,22)/t14-/m1/s1. The van der Waals surface area contributed by atoms with E-state index in [0.717, 1.165) is 31.7 Å². The molecule has 0 aliphatic carbocycles. The van der Waals surface area contributed by atoms with Gasteiger partial charge in [0.1, 0.15) is 11.6 Å². The van der Waals surface area contributed by atoms with Gasteiger partial charge in [-0.1, -0.05) is 18.2 Å².